The number of benzene rings is 3. The van der Waals surface area contributed by atoms with Gasteiger partial charge in [0.05, 0.1) is 5.02 Å². The lowest BCUT2D eigenvalue weighted by molar-refractivity contribution is 0.488. The number of ether oxygens (including phenoxy) is 1. The Balaban J connectivity index is 0.00000147. The summed E-state index contributed by atoms with van der Waals surface area (Å²) in [5.74, 6) is 1.39. The van der Waals surface area contributed by atoms with Gasteiger partial charge in [0.2, 0.25) is 0 Å². The SMILES string of the molecule is Cl.Nc1ccc(Oc2cccc3ccccc23)c(Cl)c1. The second-order valence-electron chi connectivity index (χ2n) is 4.27. The Morgan fingerprint density at radius 1 is 0.850 bits per heavy atom. The van der Waals surface area contributed by atoms with Crippen molar-refractivity contribution < 1.29 is 4.74 Å². The first kappa shape index (κ1) is 14.5. The van der Waals surface area contributed by atoms with Crippen LogP contribution in [-0.2, 0) is 0 Å². The third kappa shape index (κ3) is 2.82. The maximum atomic E-state index is 6.13. The van der Waals surface area contributed by atoms with Crippen LogP contribution in [0, 0.1) is 0 Å². The number of fused-ring (bicyclic) bond motifs is 1. The summed E-state index contributed by atoms with van der Waals surface area (Å²) in [6.45, 7) is 0. The normalized spacial score (nSPS) is 10.1. The van der Waals surface area contributed by atoms with Crippen molar-refractivity contribution in [2.75, 3.05) is 5.73 Å². The molecule has 2 N–H and O–H groups in total. The van der Waals surface area contributed by atoms with Gasteiger partial charge in [-0.2, -0.15) is 0 Å². The average molecular weight is 306 g/mol. The Morgan fingerprint density at radius 3 is 2.40 bits per heavy atom. The highest BCUT2D eigenvalue weighted by atomic mass is 35.5. The van der Waals surface area contributed by atoms with E-state index < -0.39 is 0 Å². The molecule has 0 atom stereocenters. The van der Waals surface area contributed by atoms with E-state index in [-0.39, 0.29) is 12.4 Å². The predicted molar refractivity (Wildman–Crippen MR) is 87.1 cm³/mol. The van der Waals surface area contributed by atoms with Gasteiger partial charge in [0.1, 0.15) is 11.5 Å². The summed E-state index contributed by atoms with van der Waals surface area (Å²) in [5, 5.41) is 2.69. The van der Waals surface area contributed by atoms with Crippen molar-refractivity contribution in [2.45, 2.75) is 0 Å². The minimum atomic E-state index is 0. The molecular formula is C16H13Cl2NO. The smallest absolute Gasteiger partial charge is 0.146 e. The Labute approximate surface area is 128 Å². The van der Waals surface area contributed by atoms with E-state index in [1.54, 1.807) is 18.2 Å². The molecule has 0 saturated carbocycles. The summed E-state index contributed by atoms with van der Waals surface area (Å²) < 4.78 is 5.89. The summed E-state index contributed by atoms with van der Waals surface area (Å²) in [6.07, 6.45) is 0. The van der Waals surface area contributed by atoms with Gasteiger partial charge in [-0.25, -0.2) is 0 Å². The van der Waals surface area contributed by atoms with E-state index in [9.17, 15) is 0 Å². The summed E-state index contributed by atoms with van der Waals surface area (Å²) in [4.78, 5) is 0. The van der Waals surface area contributed by atoms with Crippen LogP contribution >= 0.6 is 24.0 Å². The van der Waals surface area contributed by atoms with Gasteiger partial charge in [-0.1, -0.05) is 48.0 Å². The number of hydrogen-bond acceptors (Lipinski definition) is 2. The van der Waals surface area contributed by atoms with Crippen LogP contribution < -0.4 is 10.5 Å². The van der Waals surface area contributed by atoms with Crippen molar-refractivity contribution in [3.05, 3.63) is 65.7 Å². The maximum Gasteiger partial charge on any atom is 0.146 e. The van der Waals surface area contributed by atoms with Gasteiger partial charge < -0.3 is 10.5 Å². The second kappa shape index (κ2) is 6.04. The maximum absolute atomic E-state index is 6.13. The van der Waals surface area contributed by atoms with Crippen LogP contribution in [0.5, 0.6) is 11.5 Å². The van der Waals surface area contributed by atoms with E-state index in [1.165, 1.54) is 0 Å². The Bertz CT molecular complexity index is 738. The lowest BCUT2D eigenvalue weighted by Crippen LogP contribution is -1.89. The minimum absolute atomic E-state index is 0. The molecule has 3 aromatic carbocycles. The Morgan fingerprint density at radius 2 is 1.60 bits per heavy atom. The molecule has 0 aliphatic heterocycles. The first-order valence-corrected chi connectivity index (χ1v) is 6.32. The minimum Gasteiger partial charge on any atom is -0.455 e. The third-order valence-electron chi connectivity index (χ3n) is 2.93. The summed E-state index contributed by atoms with van der Waals surface area (Å²) in [6, 6.07) is 19.2. The van der Waals surface area contributed by atoms with Gasteiger partial charge >= 0.3 is 0 Å². The summed E-state index contributed by atoms with van der Waals surface area (Å²) >= 11 is 6.13. The molecule has 3 rings (SSSR count). The van der Waals surface area contributed by atoms with E-state index in [0.717, 1.165) is 16.5 Å². The molecule has 0 heterocycles. The van der Waals surface area contributed by atoms with Crippen LogP contribution in [0.1, 0.15) is 0 Å². The zero-order valence-electron chi connectivity index (χ0n) is 10.5. The number of nitrogen functional groups attached to an aromatic ring is 1. The second-order valence-corrected chi connectivity index (χ2v) is 4.68. The highest BCUT2D eigenvalue weighted by molar-refractivity contribution is 6.32. The van der Waals surface area contributed by atoms with Gasteiger partial charge in [-0.05, 0) is 29.7 Å². The van der Waals surface area contributed by atoms with Crippen LogP contribution in [0.15, 0.2) is 60.7 Å². The van der Waals surface area contributed by atoms with E-state index in [2.05, 4.69) is 0 Å². The molecule has 0 aliphatic rings. The molecule has 4 heteroatoms. The number of hydrogen-bond donors (Lipinski definition) is 1. The lowest BCUT2D eigenvalue weighted by atomic mass is 10.1. The number of rotatable bonds is 2. The van der Waals surface area contributed by atoms with Crippen molar-refractivity contribution in [1.29, 1.82) is 0 Å². The molecule has 0 spiro atoms. The number of anilines is 1. The fourth-order valence-corrected chi connectivity index (χ4v) is 2.23. The molecule has 0 saturated heterocycles. The number of halogens is 2. The molecule has 0 aliphatic carbocycles. The molecular weight excluding hydrogens is 293 g/mol. The monoisotopic (exact) mass is 305 g/mol. The largest absolute Gasteiger partial charge is 0.455 e. The first-order valence-electron chi connectivity index (χ1n) is 5.95. The highest BCUT2D eigenvalue weighted by Crippen LogP contribution is 2.34. The van der Waals surface area contributed by atoms with Gasteiger partial charge in [-0.15, -0.1) is 12.4 Å². The third-order valence-corrected chi connectivity index (χ3v) is 3.22. The predicted octanol–water partition coefficient (Wildman–Crippen LogP) is 5.29. The van der Waals surface area contributed by atoms with Crippen LogP contribution in [0.3, 0.4) is 0 Å². The zero-order chi connectivity index (χ0) is 13.2. The van der Waals surface area contributed by atoms with Crippen molar-refractivity contribution in [3.8, 4) is 11.5 Å². The summed E-state index contributed by atoms with van der Waals surface area (Å²) in [5.41, 5.74) is 6.29. The quantitative estimate of drug-likeness (QED) is 0.653. The van der Waals surface area contributed by atoms with Gasteiger partial charge in [-0.3, -0.25) is 0 Å². The molecule has 3 aromatic rings. The van der Waals surface area contributed by atoms with Gasteiger partial charge in [0, 0.05) is 11.1 Å². The topological polar surface area (TPSA) is 35.2 Å². The zero-order valence-corrected chi connectivity index (χ0v) is 12.1. The summed E-state index contributed by atoms with van der Waals surface area (Å²) in [7, 11) is 0. The molecule has 0 amide bonds. The molecule has 20 heavy (non-hydrogen) atoms. The van der Waals surface area contributed by atoms with Gasteiger partial charge in [0.15, 0.2) is 0 Å². The van der Waals surface area contributed by atoms with E-state index in [0.29, 0.717) is 16.5 Å². The van der Waals surface area contributed by atoms with E-state index in [1.807, 2.05) is 42.5 Å². The fraction of sp³-hybridized carbons (Fsp3) is 0. The van der Waals surface area contributed by atoms with Crippen molar-refractivity contribution in [1.82, 2.24) is 0 Å². The average Bonchev–Trinajstić information content (AvgIpc) is 2.42. The van der Waals surface area contributed by atoms with Crippen molar-refractivity contribution in [2.24, 2.45) is 0 Å². The molecule has 0 fully saturated rings. The van der Waals surface area contributed by atoms with E-state index in [4.69, 9.17) is 22.1 Å². The molecule has 0 aromatic heterocycles. The van der Waals surface area contributed by atoms with Crippen molar-refractivity contribution in [3.63, 3.8) is 0 Å². The van der Waals surface area contributed by atoms with Gasteiger partial charge in [0.25, 0.3) is 0 Å². The molecule has 0 radical (unpaired) electrons. The van der Waals surface area contributed by atoms with Crippen LogP contribution in [0.25, 0.3) is 10.8 Å². The molecule has 2 nitrogen and oxygen atoms in total. The number of nitrogens with two attached hydrogens (primary N) is 1. The van der Waals surface area contributed by atoms with Crippen LogP contribution in [0.2, 0.25) is 5.02 Å². The highest BCUT2D eigenvalue weighted by Gasteiger charge is 2.06. The van der Waals surface area contributed by atoms with Crippen LogP contribution in [-0.4, -0.2) is 0 Å². The van der Waals surface area contributed by atoms with Crippen LogP contribution in [0.4, 0.5) is 5.69 Å². The molecule has 0 bridgehead atoms. The van der Waals surface area contributed by atoms with E-state index >= 15 is 0 Å². The molecule has 0 unspecified atom stereocenters. The first-order chi connectivity index (χ1) is 9.24. The standard InChI is InChI=1S/C16H12ClNO.ClH/c17-14-10-12(18)8-9-16(14)19-15-7-3-5-11-4-1-2-6-13(11)15;/h1-10H,18H2;1H. The fourth-order valence-electron chi connectivity index (χ4n) is 2.00. The lowest BCUT2D eigenvalue weighted by Gasteiger charge is -2.10. The van der Waals surface area contributed by atoms with Crippen molar-refractivity contribution >= 4 is 40.5 Å². The molecule has 102 valence electrons. The Hall–Kier alpha value is -1.90. The Kier molecular flexibility index (Phi) is 4.38.